The van der Waals surface area contributed by atoms with Crippen LogP contribution in [0.5, 0.6) is 0 Å². The first-order chi connectivity index (χ1) is 9.36. The summed E-state index contributed by atoms with van der Waals surface area (Å²) in [5.74, 6) is -0.659. The summed E-state index contributed by atoms with van der Waals surface area (Å²) in [6, 6.07) is -0.376. The van der Waals surface area contributed by atoms with Gasteiger partial charge in [-0.2, -0.15) is 0 Å². The van der Waals surface area contributed by atoms with Gasteiger partial charge in [0, 0.05) is 12.0 Å². The number of rotatable bonds is 7. The number of aromatic nitrogens is 1. The molecule has 1 rings (SSSR count). The zero-order valence-corrected chi connectivity index (χ0v) is 12.4. The maximum atomic E-state index is 12.3. The summed E-state index contributed by atoms with van der Waals surface area (Å²) in [4.78, 5) is 23.1. The summed E-state index contributed by atoms with van der Waals surface area (Å²) < 4.78 is 5.17. The number of carboxylic acids is 1. The van der Waals surface area contributed by atoms with Gasteiger partial charge in [0.25, 0.3) is 5.91 Å². The fraction of sp³-hybridized carbons (Fsp3) is 0.643. The van der Waals surface area contributed by atoms with Crippen molar-refractivity contribution < 1.29 is 19.2 Å². The lowest BCUT2D eigenvalue weighted by atomic mass is 10.0. The van der Waals surface area contributed by atoms with Crippen molar-refractivity contribution in [1.82, 2.24) is 10.5 Å². The van der Waals surface area contributed by atoms with E-state index in [1.54, 1.807) is 6.92 Å². The molecule has 2 N–H and O–H groups in total. The van der Waals surface area contributed by atoms with Crippen LogP contribution in [0, 0.1) is 6.92 Å². The second-order valence-electron chi connectivity index (χ2n) is 5.22. The first kappa shape index (κ1) is 16.2. The summed E-state index contributed by atoms with van der Waals surface area (Å²) in [6.07, 6.45) is 1.35. The first-order valence-corrected chi connectivity index (χ1v) is 6.85. The zero-order valence-electron chi connectivity index (χ0n) is 12.4. The molecule has 0 bridgehead atoms. The van der Waals surface area contributed by atoms with Gasteiger partial charge in [-0.15, -0.1) is 0 Å². The van der Waals surface area contributed by atoms with E-state index in [2.05, 4.69) is 10.5 Å². The number of carbonyl (C=O) groups excluding carboxylic acids is 1. The number of hydrogen-bond donors (Lipinski definition) is 2. The van der Waals surface area contributed by atoms with E-state index in [1.807, 2.05) is 20.8 Å². The molecular formula is C14H22N2O4. The molecule has 0 aromatic carbocycles. The van der Waals surface area contributed by atoms with Gasteiger partial charge in [0.05, 0.1) is 12.1 Å². The summed E-state index contributed by atoms with van der Waals surface area (Å²) in [6.45, 7) is 7.48. The lowest BCUT2D eigenvalue weighted by molar-refractivity contribution is -0.137. The van der Waals surface area contributed by atoms with Crippen molar-refractivity contribution in [2.75, 3.05) is 0 Å². The van der Waals surface area contributed by atoms with E-state index in [-0.39, 0.29) is 24.3 Å². The van der Waals surface area contributed by atoms with E-state index >= 15 is 0 Å². The highest BCUT2D eigenvalue weighted by Gasteiger charge is 2.25. The zero-order chi connectivity index (χ0) is 15.3. The topological polar surface area (TPSA) is 92.4 Å². The predicted octanol–water partition coefficient (Wildman–Crippen LogP) is 2.48. The van der Waals surface area contributed by atoms with Gasteiger partial charge in [0.15, 0.2) is 5.76 Å². The summed E-state index contributed by atoms with van der Waals surface area (Å²) in [5, 5.41) is 15.5. The second-order valence-corrected chi connectivity index (χ2v) is 5.22. The van der Waals surface area contributed by atoms with Gasteiger partial charge in [0.1, 0.15) is 5.56 Å². The van der Waals surface area contributed by atoms with Crippen LogP contribution in [-0.2, 0) is 4.79 Å². The Morgan fingerprint density at radius 1 is 1.40 bits per heavy atom. The second kappa shape index (κ2) is 7.07. The van der Waals surface area contributed by atoms with E-state index in [0.29, 0.717) is 23.4 Å². The maximum Gasteiger partial charge on any atom is 0.305 e. The number of aryl methyl sites for hydroxylation is 1. The molecule has 0 aliphatic heterocycles. The van der Waals surface area contributed by atoms with Gasteiger partial charge >= 0.3 is 5.97 Å². The van der Waals surface area contributed by atoms with Gasteiger partial charge in [-0.05, 0) is 13.3 Å². The molecule has 1 aromatic heterocycles. The molecule has 6 nitrogen and oxygen atoms in total. The third-order valence-electron chi connectivity index (χ3n) is 3.03. The van der Waals surface area contributed by atoms with Crippen LogP contribution in [0.15, 0.2) is 4.52 Å². The molecule has 112 valence electrons. The Morgan fingerprint density at radius 3 is 2.55 bits per heavy atom. The maximum absolute atomic E-state index is 12.3. The molecule has 20 heavy (non-hydrogen) atoms. The summed E-state index contributed by atoms with van der Waals surface area (Å²) >= 11 is 0. The molecule has 1 heterocycles. The Morgan fingerprint density at radius 2 is 2.05 bits per heavy atom. The van der Waals surface area contributed by atoms with Crippen LogP contribution < -0.4 is 5.32 Å². The Labute approximate surface area is 118 Å². The first-order valence-electron chi connectivity index (χ1n) is 6.85. The van der Waals surface area contributed by atoms with Crippen LogP contribution in [0.1, 0.15) is 67.8 Å². The van der Waals surface area contributed by atoms with Crippen molar-refractivity contribution in [3.63, 3.8) is 0 Å². The molecule has 0 spiro atoms. The minimum Gasteiger partial charge on any atom is -0.481 e. The lowest BCUT2D eigenvalue weighted by Gasteiger charge is -2.16. The molecule has 0 fully saturated rings. The quantitative estimate of drug-likeness (QED) is 0.801. The van der Waals surface area contributed by atoms with Crippen LogP contribution >= 0.6 is 0 Å². The smallest absolute Gasteiger partial charge is 0.305 e. The monoisotopic (exact) mass is 282 g/mol. The van der Waals surface area contributed by atoms with Crippen molar-refractivity contribution in [3.8, 4) is 0 Å². The van der Waals surface area contributed by atoms with Gasteiger partial charge in [-0.3, -0.25) is 9.59 Å². The van der Waals surface area contributed by atoms with Crippen LogP contribution in [0.4, 0.5) is 0 Å². The molecule has 0 saturated heterocycles. The largest absolute Gasteiger partial charge is 0.481 e. The number of carbonyl (C=O) groups is 2. The molecule has 1 aromatic rings. The third-order valence-corrected chi connectivity index (χ3v) is 3.03. The molecule has 0 aliphatic rings. The van der Waals surface area contributed by atoms with E-state index in [9.17, 15) is 9.59 Å². The van der Waals surface area contributed by atoms with Crippen molar-refractivity contribution >= 4 is 11.9 Å². The number of aliphatic carboxylic acids is 1. The van der Waals surface area contributed by atoms with E-state index in [4.69, 9.17) is 9.63 Å². The number of hydrogen-bond acceptors (Lipinski definition) is 4. The van der Waals surface area contributed by atoms with Gasteiger partial charge < -0.3 is 14.9 Å². The normalized spacial score (nSPS) is 12.4. The summed E-state index contributed by atoms with van der Waals surface area (Å²) in [5.41, 5.74) is 0.947. The highest BCUT2D eigenvalue weighted by Crippen LogP contribution is 2.22. The van der Waals surface area contributed by atoms with Crippen molar-refractivity contribution in [2.24, 2.45) is 0 Å². The highest BCUT2D eigenvalue weighted by molar-refractivity contribution is 5.96. The molecule has 0 aliphatic carbocycles. The number of amides is 1. The molecular weight excluding hydrogens is 260 g/mol. The number of nitrogens with zero attached hydrogens (tertiary/aromatic N) is 1. The molecule has 1 atom stereocenters. The minimum absolute atomic E-state index is 0.0426. The van der Waals surface area contributed by atoms with Crippen molar-refractivity contribution in [2.45, 2.75) is 58.9 Å². The Bertz CT molecular complexity index is 480. The van der Waals surface area contributed by atoms with E-state index in [0.717, 1.165) is 6.42 Å². The average molecular weight is 282 g/mol. The Balaban J connectivity index is 2.88. The molecule has 1 unspecified atom stereocenters. The Hall–Kier alpha value is -1.85. The van der Waals surface area contributed by atoms with Gasteiger partial charge in [-0.1, -0.05) is 32.3 Å². The van der Waals surface area contributed by atoms with E-state index < -0.39 is 5.97 Å². The Kier molecular flexibility index (Phi) is 5.73. The summed E-state index contributed by atoms with van der Waals surface area (Å²) in [7, 11) is 0. The fourth-order valence-corrected chi connectivity index (χ4v) is 2.10. The van der Waals surface area contributed by atoms with Crippen LogP contribution in [0.2, 0.25) is 0 Å². The van der Waals surface area contributed by atoms with Crippen LogP contribution in [0.25, 0.3) is 0 Å². The number of carboxylic acid groups (broad SMARTS) is 1. The minimum atomic E-state index is -0.921. The SMILES string of the molecule is CCCC(CC(=O)O)NC(=O)c1c(C)noc1C(C)C. The molecule has 1 amide bonds. The predicted molar refractivity (Wildman–Crippen MR) is 73.7 cm³/mol. The van der Waals surface area contributed by atoms with Crippen molar-refractivity contribution in [1.29, 1.82) is 0 Å². The van der Waals surface area contributed by atoms with Gasteiger partial charge in [-0.25, -0.2) is 0 Å². The van der Waals surface area contributed by atoms with Crippen LogP contribution in [-0.4, -0.2) is 28.2 Å². The molecule has 0 saturated carbocycles. The average Bonchev–Trinajstić information content (AvgIpc) is 2.70. The van der Waals surface area contributed by atoms with E-state index in [1.165, 1.54) is 0 Å². The van der Waals surface area contributed by atoms with Crippen LogP contribution in [0.3, 0.4) is 0 Å². The third kappa shape index (κ3) is 4.08. The van der Waals surface area contributed by atoms with Gasteiger partial charge in [0.2, 0.25) is 0 Å². The lowest BCUT2D eigenvalue weighted by Crippen LogP contribution is -2.37. The molecule has 0 radical (unpaired) electrons. The fourth-order valence-electron chi connectivity index (χ4n) is 2.10. The number of nitrogens with one attached hydrogen (secondary N) is 1. The standard InChI is InChI=1S/C14H22N2O4/c1-5-6-10(7-11(17)18)15-14(19)12-9(4)16-20-13(12)8(2)3/h8,10H,5-7H2,1-4H3,(H,15,19)(H,17,18). The highest BCUT2D eigenvalue weighted by atomic mass is 16.5. The van der Waals surface area contributed by atoms with Crippen molar-refractivity contribution in [3.05, 3.63) is 17.0 Å². The molecule has 6 heteroatoms.